The zero-order chi connectivity index (χ0) is 14.2. The summed E-state index contributed by atoms with van der Waals surface area (Å²) in [5, 5.41) is 3.55. The second kappa shape index (κ2) is 8.61. The van der Waals surface area contributed by atoms with E-state index in [0.29, 0.717) is 6.61 Å². The minimum atomic E-state index is 0.314. The number of thioether (sulfide) groups is 1. The summed E-state index contributed by atoms with van der Waals surface area (Å²) in [6.07, 6.45) is 7.91. The van der Waals surface area contributed by atoms with Crippen LogP contribution >= 0.6 is 27.7 Å². The van der Waals surface area contributed by atoms with Gasteiger partial charge in [-0.2, -0.15) is 11.8 Å². The van der Waals surface area contributed by atoms with E-state index in [2.05, 4.69) is 45.0 Å². The topological polar surface area (TPSA) is 21.3 Å². The van der Waals surface area contributed by atoms with Gasteiger partial charge in [-0.25, -0.2) is 0 Å². The van der Waals surface area contributed by atoms with Crippen LogP contribution in [-0.4, -0.2) is 24.7 Å². The van der Waals surface area contributed by atoms with Crippen LogP contribution in [0.4, 0.5) is 0 Å². The summed E-state index contributed by atoms with van der Waals surface area (Å²) >= 11 is 5.58. The quantitative estimate of drug-likeness (QED) is 0.788. The molecule has 0 aliphatic carbocycles. The van der Waals surface area contributed by atoms with Gasteiger partial charge in [-0.1, -0.05) is 21.9 Å². The Morgan fingerprint density at radius 2 is 2.20 bits per heavy atom. The smallest absolute Gasteiger partial charge is 0.148 e. The van der Waals surface area contributed by atoms with E-state index in [0.717, 1.165) is 34.8 Å². The normalized spacial score (nSPS) is 15.8. The number of benzene rings is 1. The lowest BCUT2D eigenvalue weighted by atomic mass is 10.0. The maximum Gasteiger partial charge on any atom is 0.148 e. The van der Waals surface area contributed by atoms with Gasteiger partial charge in [0.15, 0.2) is 0 Å². The van der Waals surface area contributed by atoms with Gasteiger partial charge in [-0.15, -0.1) is 6.42 Å². The van der Waals surface area contributed by atoms with E-state index in [1.807, 2.05) is 12.1 Å². The van der Waals surface area contributed by atoms with Crippen LogP contribution in [0.25, 0.3) is 0 Å². The zero-order valence-electron chi connectivity index (χ0n) is 11.5. The van der Waals surface area contributed by atoms with Gasteiger partial charge in [-0.3, -0.25) is 0 Å². The number of ether oxygens (including phenoxy) is 1. The Balaban J connectivity index is 1.87. The lowest BCUT2D eigenvalue weighted by Crippen LogP contribution is -2.25. The second-order valence-electron chi connectivity index (χ2n) is 4.93. The van der Waals surface area contributed by atoms with Crippen molar-refractivity contribution < 1.29 is 4.74 Å². The molecule has 1 aromatic carbocycles. The highest BCUT2D eigenvalue weighted by atomic mass is 79.9. The Morgan fingerprint density at radius 1 is 1.40 bits per heavy atom. The Kier molecular flexibility index (Phi) is 6.78. The third kappa shape index (κ3) is 5.05. The van der Waals surface area contributed by atoms with Crippen molar-refractivity contribution >= 4 is 27.7 Å². The van der Waals surface area contributed by atoms with Crippen molar-refractivity contribution in [2.24, 2.45) is 5.92 Å². The summed E-state index contributed by atoms with van der Waals surface area (Å²) in [6, 6.07) is 6.04. The number of rotatable bonds is 6. The molecule has 0 aromatic heterocycles. The highest BCUT2D eigenvalue weighted by Gasteiger charge is 2.13. The maximum atomic E-state index is 5.58. The van der Waals surface area contributed by atoms with Crippen molar-refractivity contribution in [2.75, 3.05) is 24.7 Å². The van der Waals surface area contributed by atoms with Crippen molar-refractivity contribution in [1.29, 1.82) is 0 Å². The first kappa shape index (κ1) is 15.8. The molecular formula is C16H20BrNOS. The molecule has 2 nitrogen and oxygen atoms in total. The molecule has 1 aliphatic rings. The van der Waals surface area contributed by atoms with Crippen LogP contribution in [0.15, 0.2) is 22.7 Å². The summed E-state index contributed by atoms with van der Waals surface area (Å²) in [5.74, 6) is 6.81. The summed E-state index contributed by atoms with van der Waals surface area (Å²) in [6.45, 7) is 2.22. The summed E-state index contributed by atoms with van der Waals surface area (Å²) < 4.78 is 6.65. The van der Waals surface area contributed by atoms with Crippen LogP contribution in [0, 0.1) is 18.3 Å². The van der Waals surface area contributed by atoms with Crippen molar-refractivity contribution in [3.63, 3.8) is 0 Å². The lowest BCUT2D eigenvalue weighted by molar-refractivity contribution is 0.363. The number of hydrogen-bond donors (Lipinski definition) is 1. The van der Waals surface area contributed by atoms with Gasteiger partial charge in [0.05, 0.1) is 0 Å². The van der Waals surface area contributed by atoms with Gasteiger partial charge in [0.2, 0.25) is 0 Å². The summed E-state index contributed by atoms with van der Waals surface area (Å²) in [4.78, 5) is 0. The van der Waals surface area contributed by atoms with Crippen LogP contribution in [-0.2, 0) is 6.54 Å². The molecule has 1 heterocycles. The molecule has 0 amide bonds. The van der Waals surface area contributed by atoms with Gasteiger partial charge in [0.25, 0.3) is 0 Å². The molecule has 1 N–H and O–H groups in total. The molecule has 108 valence electrons. The van der Waals surface area contributed by atoms with E-state index >= 15 is 0 Å². The highest BCUT2D eigenvalue weighted by molar-refractivity contribution is 9.10. The largest absolute Gasteiger partial charge is 0.481 e. The van der Waals surface area contributed by atoms with Crippen LogP contribution in [0.1, 0.15) is 18.4 Å². The predicted octanol–water partition coefficient (Wildman–Crippen LogP) is 3.69. The summed E-state index contributed by atoms with van der Waals surface area (Å²) in [7, 11) is 0. The van der Waals surface area contributed by atoms with Crippen molar-refractivity contribution in [3.05, 3.63) is 28.2 Å². The molecule has 0 radical (unpaired) electrons. The summed E-state index contributed by atoms with van der Waals surface area (Å²) in [5.41, 5.74) is 1.15. The van der Waals surface area contributed by atoms with Crippen LogP contribution in [0.2, 0.25) is 0 Å². The van der Waals surface area contributed by atoms with E-state index in [-0.39, 0.29) is 0 Å². The molecule has 0 unspecified atom stereocenters. The average Bonchev–Trinajstić information content (AvgIpc) is 2.47. The Labute approximate surface area is 134 Å². The average molecular weight is 354 g/mol. The molecule has 2 rings (SSSR count). The Hall–Kier alpha value is -0.630. The van der Waals surface area contributed by atoms with Gasteiger partial charge in [-0.05, 0) is 55.0 Å². The van der Waals surface area contributed by atoms with E-state index < -0.39 is 0 Å². The van der Waals surface area contributed by atoms with Crippen molar-refractivity contribution in [1.82, 2.24) is 5.32 Å². The molecule has 20 heavy (non-hydrogen) atoms. The van der Waals surface area contributed by atoms with Gasteiger partial charge < -0.3 is 10.1 Å². The first-order chi connectivity index (χ1) is 9.79. The Morgan fingerprint density at radius 3 is 2.95 bits per heavy atom. The van der Waals surface area contributed by atoms with E-state index in [1.54, 1.807) is 0 Å². The molecular weight excluding hydrogens is 334 g/mol. The first-order valence-electron chi connectivity index (χ1n) is 6.92. The molecule has 1 aromatic rings. The standard InChI is InChI=1S/C16H20BrNOS/c1-2-7-19-16-4-3-15(17)10-14(16)12-18-11-13-5-8-20-9-6-13/h1,3-4,10,13,18H,5-9,11-12H2. The molecule has 1 aliphatic heterocycles. The third-order valence-electron chi connectivity index (χ3n) is 3.42. The van der Waals surface area contributed by atoms with E-state index in [4.69, 9.17) is 11.2 Å². The number of nitrogens with one attached hydrogen (secondary N) is 1. The van der Waals surface area contributed by atoms with Crippen LogP contribution in [0.3, 0.4) is 0 Å². The van der Waals surface area contributed by atoms with Gasteiger partial charge in [0, 0.05) is 16.6 Å². The maximum absolute atomic E-state index is 5.58. The molecule has 0 spiro atoms. The molecule has 4 heteroatoms. The fourth-order valence-corrected chi connectivity index (χ4v) is 3.92. The molecule has 0 atom stereocenters. The molecule has 1 saturated heterocycles. The molecule has 0 bridgehead atoms. The third-order valence-corrected chi connectivity index (χ3v) is 4.96. The fraction of sp³-hybridized carbons (Fsp3) is 0.500. The molecule has 1 fully saturated rings. The number of terminal acetylenes is 1. The fourth-order valence-electron chi connectivity index (χ4n) is 2.31. The van der Waals surface area contributed by atoms with Crippen molar-refractivity contribution in [3.8, 4) is 18.1 Å². The minimum Gasteiger partial charge on any atom is -0.481 e. The van der Waals surface area contributed by atoms with E-state index in [1.165, 1.54) is 24.3 Å². The van der Waals surface area contributed by atoms with Crippen molar-refractivity contribution in [2.45, 2.75) is 19.4 Å². The first-order valence-corrected chi connectivity index (χ1v) is 8.87. The van der Waals surface area contributed by atoms with Gasteiger partial charge >= 0.3 is 0 Å². The second-order valence-corrected chi connectivity index (χ2v) is 7.07. The Bertz CT molecular complexity index is 466. The molecule has 0 saturated carbocycles. The SMILES string of the molecule is C#CCOc1ccc(Br)cc1CNCC1CCSCC1. The highest BCUT2D eigenvalue weighted by Crippen LogP contribution is 2.24. The number of halogens is 1. The van der Waals surface area contributed by atoms with Gasteiger partial charge in [0.1, 0.15) is 12.4 Å². The minimum absolute atomic E-state index is 0.314. The zero-order valence-corrected chi connectivity index (χ0v) is 13.9. The number of hydrogen-bond acceptors (Lipinski definition) is 3. The lowest BCUT2D eigenvalue weighted by Gasteiger charge is -2.22. The predicted molar refractivity (Wildman–Crippen MR) is 90.2 cm³/mol. The van der Waals surface area contributed by atoms with E-state index in [9.17, 15) is 0 Å². The monoisotopic (exact) mass is 353 g/mol. The van der Waals surface area contributed by atoms with Crippen LogP contribution < -0.4 is 10.1 Å². The van der Waals surface area contributed by atoms with Crippen LogP contribution in [0.5, 0.6) is 5.75 Å².